The highest BCUT2D eigenvalue weighted by atomic mass is 15.2. The van der Waals surface area contributed by atoms with E-state index in [2.05, 4.69) is 69.5 Å². The van der Waals surface area contributed by atoms with Crippen LogP contribution < -0.4 is 11.3 Å². The van der Waals surface area contributed by atoms with Gasteiger partial charge in [0.2, 0.25) is 0 Å². The van der Waals surface area contributed by atoms with Crippen molar-refractivity contribution in [2.75, 3.05) is 0 Å². The van der Waals surface area contributed by atoms with Gasteiger partial charge in [0, 0.05) is 6.04 Å². The Morgan fingerprint density at radius 2 is 1.67 bits per heavy atom. The Bertz CT molecular complexity index is 617. The Morgan fingerprint density at radius 3 is 2.33 bits per heavy atom. The summed E-state index contributed by atoms with van der Waals surface area (Å²) in [5, 5.41) is 0. The molecule has 0 aliphatic rings. The van der Waals surface area contributed by atoms with Gasteiger partial charge in [0.15, 0.2) is 0 Å². The number of hydrogen-bond acceptors (Lipinski definition) is 2. The zero-order chi connectivity index (χ0) is 15.4. The first kappa shape index (κ1) is 15.7. The summed E-state index contributed by atoms with van der Waals surface area (Å²) in [4.78, 5) is 0. The fourth-order valence-electron chi connectivity index (χ4n) is 2.87. The summed E-state index contributed by atoms with van der Waals surface area (Å²) in [5.74, 6) is 5.81. The molecule has 0 radical (unpaired) electrons. The minimum absolute atomic E-state index is 0.199. The van der Waals surface area contributed by atoms with Crippen LogP contribution in [0, 0.1) is 27.7 Å². The molecule has 0 saturated heterocycles. The van der Waals surface area contributed by atoms with Crippen LogP contribution >= 0.6 is 0 Å². The Morgan fingerprint density at radius 1 is 0.952 bits per heavy atom. The van der Waals surface area contributed by atoms with Crippen molar-refractivity contribution in [3.8, 4) is 0 Å². The van der Waals surface area contributed by atoms with E-state index in [-0.39, 0.29) is 6.04 Å². The predicted octanol–water partition coefficient (Wildman–Crippen LogP) is 4.06. The van der Waals surface area contributed by atoms with E-state index in [9.17, 15) is 0 Å². The van der Waals surface area contributed by atoms with Crippen LogP contribution in [0.15, 0.2) is 36.4 Å². The van der Waals surface area contributed by atoms with E-state index in [1.807, 2.05) is 0 Å². The van der Waals surface area contributed by atoms with Crippen LogP contribution in [0.2, 0.25) is 0 Å². The van der Waals surface area contributed by atoms with E-state index in [0.717, 1.165) is 12.8 Å². The van der Waals surface area contributed by atoms with Crippen LogP contribution in [0.4, 0.5) is 0 Å². The van der Waals surface area contributed by atoms with E-state index in [1.165, 1.54) is 33.4 Å². The molecule has 21 heavy (non-hydrogen) atoms. The van der Waals surface area contributed by atoms with Gasteiger partial charge in [-0.1, -0.05) is 42.0 Å². The van der Waals surface area contributed by atoms with Crippen molar-refractivity contribution in [3.63, 3.8) is 0 Å². The largest absolute Gasteiger partial charge is 0.271 e. The van der Waals surface area contributed by atoms with Gasteiger partial charge >= 0.3 is 0 Å². The Labute approximate surface area is 128 Å². The van der Waals surface area contributed by atoms with E-state index < -0.39 is 0 Å². The third-order valence-electron chi connectivity index (χ3n) is 4.26. The van der Waals surface area contributed by atoms with Crippen LogP contribution in [0.5, 0.6) is 0 Å². The first-order valence-electron chi connectivity index (χ1n) is 7.60. The van der Waals surface area contributed by atoms with Crippen LogP contribution in [0.3, 0.4) is 0 Å². The lowest BCUT2D eigenvalue weighted by atomic mass is 9.92. The molecule has 0 amide bonds. The lowest BCUT2D eigenvalue weighted by Crippen LogP contribution is -2.29. The van der Waals surface area contributed by atoms with Crippen molar-refractivity contribution in [2.24, 2.45) is 5.84 Å². The molecule has 2 aromatic carbocycles. The topological polar surface area (TPSA) is 38.0 Å². The Kier molecular flexibility index (Phi) is 5.16. The second kappa shape index (κ2) is 6.88. The maximum atomic E-state index is 5.81. The molecule has 3 N–H and O–H groups in total. The van der Waals surface area contributed by atoms with Gasteiger partial charge < -0.3 is 0 Å². The van der Waals surface area contributed by atoms with Gasteiger partial charge in [0.05, 0.1) is 0 Å². The third kappa shape index (κ3) is 3.93. The van der Waals surface area contributed by atoms with Gasteiger partial charge in [-0.05, 0) is 68.4 Å². The third-order valence-corrected chi connectivity index (χ3v) is 4.26. The number of hydrazine groups is 1. The standard InChI is InChI=1S/C19H26N2/c1-13-6-5-7-17(10-13)8-9-19(21-20)18-12-15(3)14(2)11-16(18)4/h5-7,10-12,19,21H,8-9,20H2,1-4H3. The molecule has 2 heteroatoms. The normalized spacial score (nSPS) is 12.4. The Hall–Kier alpha value is -1.64. The fraction of sp³-hybridized carbons (Fsp3) is 0.368. The quantitative estimate of drug-likeness (QED) is 0.641. The molecule has 1 atom stereocenters. The monoisotopic (exact) mass is 282 g/mol. The van der Waals surface area contributed by atoms with Crippen molar-refractivity contribution in [2.45, 2.75) is 46.6 Å². The van der Waals surface area contributed by atoms with Crippen molar-refractivity contribution in [1.82, 2.24) is 5.43 Å². The second-order valence-corrected chi connectivity index (χ2v) is 6.04. The van der Waals surface area contributed by atoms with Crippen LogP contribution in [-0.2, 0) is 6.42 Å². The average Bonchev–Trinajstić information content (AvgIpc) is 2.45. The van der Waals surface area contributed by atoms with Crippen molar-refractivity contribution >= 4 is 0 Å². The molecule has 0 saturated carbocycles. The fourth-order valence-corrected chi connectivity index (χ4v) is 2.87. The average molecular weight is 282 g/mol. The SMILES string of the molecule is Cc1cccc(CCC(NN)c2cc(C)c(C)cc2C)c1. The molecule has 0 aromatic heterocycles. The molecule has 0 fully saturated rings. The van der Waals surface area contributed by atoms with Gasteiger partial charge in [0.1, 0.15) is 0 Å². The second-order valence-electron chi connectivity index (χ2n) is 6.04. The van der Waals surface area contributed by atoms with Crippen molar-refractivity contribution in [3.05, 3.63) is 69.8 Å². The number of aryl methyl sites for hydroxylation is 5. The molecule has 0 aliphatic carbocycles. The number of nitrogens with one attached hydrogen (secondary N) is 1. The van der Waals surface area contributed by atoms with E-state index in [4.69, 9.17) is 5.84 Å². The van der Waals surface area contributed by atoms with Crippen LogP contribution in [0.25, 0.3) is 0 Å². The van der Waals surface area contributed by atoms with Gasteiger partial charge in [-0.15, -0.1) is 0 Å². The summed E-state index contributed by atoms with van der Waals surface area (Å²) in [5.41, 5.74) is 11.0. The molecule has 0 heterocycles. The van der Waals surface area contributed by atoms with Crippen LogP contribution in [-0.4, -0.2) is 0 Å². The number of hydrogen-bond donors (Lipinski definition) is 2. The number of nitrogens with two attached hydrogens (primary N) is 1. The summed E-state index contributed by atoms with van der Waals surface area (Å²) in [6, 6.07) is 13.4. The molecule has 1 unspecified atom stereocenters. The number of benzene rings is 2. The molecule has 0 spiro atoms. The Balaban J connectivity index is 2.15. The minimum atomic E-state index is 0.199. The zero-order valence-electron chi connectivity index (χ0n) is 13.5. The van der Waals surface area contributed by atoms with Crippen molar-refractivity contribution in [1.29, 1.82) is 0 Å². The zero-order valence-corrected chi connectivity index (χ0v) is 13.5. The van der Waals surface area contributed by atoms with Gasteiger partial charge in [0.25, 0.3) is 0 Å². The van der Waals surface area contributed by atoms with Gasteiger partial charge in [-0.25, -0.2) is 0 Å². The summed E-state index contributed by atoms with van der Waals surface area (Å²) < 4.78 is 0. The maximum absolute atomic E-state index is 5.81. The van der Waals surface area contributed by atoms with E-state index in [0.29, 0.717) is 0 Å². The van der Waals surface area contributed by atoms with Gasteiger partial charge in [-0.3, -0.25) is 11.3 Å². The highest BCUT2D eigenvalue weighted by Crippen LogP contribution is 2.25. The molecule has 0 bridgehead atoms. The molecule has 0 aliphatic heterocycles. The summed E-state index contributed by atoms with van der Waals surface area (Å²) in [6.45, 7) is 8.62. The minimum Gasteiger partial charge on any atom is -0.271 e. The van der Waals surface area contributed by atoms with Crippen molar-refractivity contribution < 1.29 is 0 Å². The molecule has 112 valence electrons. The summed E-state index contributed by atoms with van der Waals surface area (Å²) >= 11 is 0. The highest BCUT2D eigenvalue weighted by Gasteiger charge is 2.13. The molecular weight excluding hydrogens is 256 g/mol. The highest BCUT2D eigenvalue weighted by molar-refractivity contribution is 5.38. The first-order valence-corrected chi connectivity index (χ1v) is 7.60. The first-order chi connectivity index (χ1) is 10.0. The molecule has 2 rings (SSSR count). The molecule has 2 aromatic rings. The number of rotatable bonds is 5. The molecular formula is C19H26N2. The smallest absolute Gasteiger partial charge is 0.0465 e. The lowest BCUT2D eigenvalue weighted by Gasteiger charge is -2.20. The summed E-state index contributed by atoms with van der Waals surface area (Å²) in [7, 11) is 0. The summed E-state index contributed by atoms with van der Waals surface area (Å²) in [6.07, 6.45) is 2.03. The van der Waals surface area contributed by atoms with Gasteiger partial charge in [-0.2, -0.15) is 0 Å². The van der Waals surface area contributed by atoms with E-state index >= 15 is 0 Å². The molecule has 2 nitrogen and oxygen atoms in total. The predicted molar refractivity (Wildman–Crippen MR) is 90.2 cm³/mol. The van der Waals surface area contributed by atoms with E-state index in [1.54, 1.807) is 0 Å². The maximum Gasteiger partial charge on any atom is 0.0465 e. The lowest BCUT2D eigenvalue weighted by molar-refractivity contribution is 0.514. The van der Waals surface area contributed by atoms with Crippen LogP contribution in [0.1, 0.15) is 45.8 Å².